The van der Waals surface area contributed by atoms with E-state index in [0.717, 1.165) is 11.5 Å². The molecule has 2 rings (SSSR count). The van der Waals surface area contributed by atoms with Gasteiger partial charge in [0.2, 0.25) is 0 Å². The Bertz CT molecular complexity index is 366. The lowest BCUT2D eigenvalue weighted by Gasteiger charge is -2.21. The highest BCUT2D eigenvalue weighted by Crippen LogP contribution is 2.44. The summed E-state index contributed by atoms with van der Waals surface area (Å²) in [5.41, 5.74) is 2.40. The van der Waals surface area contributed by atoms with E-state index in [1.807, 2.05) is 19.3 Å². The summed E-state index contributed by atoms with van der Waals surface area (Å²) >= 11 is 0. The molecule has 0 N–H and O–H groups in total. The molecular weight excluding hydrogens is 160 g/mol. The van der Waals surface area contributed by atoms with E-state index in [1.54, 1.807) is 0 Å². The molecule has 0 saturated carbocycles. The third kappa shape index (κ3) is 0.916. The normalized spacial score (nSPS) is 19.0. The monoisotopic (exact) mass is 174 g/mol. The highest BCUT2D eigenvalue weighted by atomic mass is 15.2. The van der Waals surface area contributed by atoms with Gasteiger partial charge in [0, 0.05) is 29.9 Å². The molecule has 0 bridgehead atoms. The molecule has 1 aromatic heterocycles. The van der Waals surface area contributed by atoms with Crippen LogP contribution in [-0.4, -0.2) is 12.0 Å². The highest BCUT2D eigenvalue weighted by Gasteiger charge is 2.37. The molecule has 0 aromatic carbocycles. The summed E-state index contributed by atoms with van der Waals surface area (Å²) < 4.78 is 0. The van der Waals surface area contributed by atoms with Gasteiger partial charge in [-0.05, 0) is 6.07 Å². The second-order valence-corrected chi connectivity index (χ2v) is 4.01. The Balaban J connectivity index is 2.68. The summed E-state index contributed by atoms with van der Waals surface area (Å²) in [7, 11) is 2.02. The van der Waals surface area contributed by atoms with Gasteiger partial charge in [-0.2, -0.15) is 0 Å². The number of aromatic nitrogens is 1. The topological polar surface area (TPSA) is 16.1 Å². The van der Waals surface area contributed by atoms with Gasteiger partial charge in [0.15, 0.2) is 0 Å². The third-order valence-electron chi connectivity index (χ3n) is 2.90. The predicted octanol–water partition coefficient (Wildman–Crippen LogP) is 2.32. The fourth-order valence-corrected chi connectivity index (χ4v) is 1.85. The molecule has 2 heterocycles. The molecule has 0 spiro atoms. The van der Waals surface area contributed by atoms with Crippen molar-refractivity contribution in [1.82, 2.24) is 4.98 Å². The average Bonchev–Trinajstić information content (AvgIpc) is 2.30. The minimum atomic E-state index is 0.0261. The molecule has 0 aliphatic carbocycles. The van der Waals surface area contributed by atoms with Crippen LogP contribution in [-0.2, 0) is 5.41 Å². The number of hydrogen-bond acceptors (Lipinski definition) is 2. The molecule has 2 nitrogen and oxygen atoms in total. The van der Waals surface area contributed by atoms with Gasteiger partial charge in [-0.3, -0.25) is 0 Å². The molecule has 0 saturated heterocycles. The first kappa shape index (κ1) is 8.30. The Morgan fingerprint density at radius 2 is 2.15 bits per heavy atom. The van der Waals surface area contributed by atoms with Crippen molar-refractivity contribution >= 4 is 5.82 Å². The van der Waals surface area contributed by atoms with E-state index in [0.29, 0.717) is 0 Å². The van der Waals surface area contributed by atoms with Gasteiger partial charge in [-0.1, -0.05) is 26.5 Å². The zero-order chi connectivity index (χ0) is 9.64. The van der Waals surface area contributed by atoms with Gasteiger partial charge in [0.1, 0.15) is 5.82 Å². The second-order valence-electron chi connectivity index (χ2n) is 4.01. The van der Waals surface area contributed by atoms with Crippen molar-refractivity contribution in [2.75, 3.05) is 11.9 Å². The van der Waals surface area contributed by atoms with Crippen molar-refractivity contribution in [3.05, 3.63) is 36.2 Å². The lowest BCUT2D eigenvalue weighted by atomic mass is 9.85. The molecule has 0 unspecified atom stereocenters. The van der Waals surface area contributed by atoms with Crippen molar-refractivity contribution in [1.29, 1.82) is 0 Å². The fourth-order valence-electron chi connectivity index (χ4n) is 1.85. The second kappa shape index (κ2) is 2.34. The molecular formula is C11H14N2. The smallest absolute Gasteiger partial charge is 0.136 e. The molecule has 0 radical (unpaired) electrons. The maximum atomic E-state index is 4.35. The summed E-state index contributed by atoms with van der Waals surface area (Å²) in [6.07, 6.45) is 1.82. The van der Waals surface area contributed by atoms with Crippen LogP contribution in [0, 0.1) is 0 Å². The van der Waals surface area contributed by atoms with E-state index in [1.165, 1.54) is 5.56 Å². The Hall–Kier alpha value is -1.31. The van der Waals surface area contributed by atoms with Gasteiger partial charge < -0.3 is 4.90 Å². The van der Waals surface area contributed by atoms with Gasteiger partial charge >= 0.3 is 0 Å². The number of anilines is 1. The zero-order valence-electron chi connectivity index (χ0n) is 8.33. The van der Waals surface area contributed by atoms with Crippen LogP contribution in [0.15, 0.2) is 30.6 Å². The van der Waals surface area contributed by atoms with Crippen molar-refractivity contribution < 1.29 is 0 Å². The van der Waals surface area contributed by atoms with Crippen LogP contribution in [0.5, 0.6) is 0 Å². The third-order valence-corrected chi connectivity index (χ3v) is 2.90. The Morgan fingerprint density at radius 3 is 2.77 bits per heavy atom. The lowest BCUT2D eigenvalue weighted by molar-refractivity contribution is 0.643. The average molecular weight is 174 g/mol. The molecule has 2 heteroatoms. The van der Waals surface area contributed by atoms with E-state index in [9.17, 15) is 0 Å². The van der Waals surface area contributed by atoms with E-state index >= 15 is 0 Å². The van der Waals surface area contributed by atoms with Crippen molar-refractivity contribution in [3.8, 4) is 0 Å². The summed E-state index contributed by atoms with van der Waals surface area (Å²) in [6, 6.07) is 4.10. The number of fused-ring (bicyclic) bond motifs is 1. The summed E-state index contributed by atoms with van der Waals surface area (Å²) in [6.45, 7) is 8.45. The molecule has 13 heavy (non-hydrogen) atoms. The van der Waals surface area contributed by atoms with Crippen molar-refractivity contribution in [2.24, 2.45) is 0 Å². The predicted molar refractivity (Wildman–Crippen MR) is 54.8 cm³/mol. The van der Waals surface area contributed by atoms with Crippen LogP contribution in [0.2, 0.25) is 0 Å². The van der Waals surface area contributed by atoms with Crippen LogP contribution >= 0.6 is 0 Å². The molecule has 68 valence electrons. The lowest BCUT2D eigenvalue weighted by Crippen LogP contribution is -2.21. The van der Waals surface area contributed by atoms with Crippen molar-refractivity contribution in [3.63, 3.8) is 0 Å². The largest absolute Gasteiger partial charge is 0.333 e. The van der Waals surface area contributed by atoms with E-state index in [4.69, 9.17) is 0 Å². The first-order chi connectivity index (χ1) is 6.05. The molecule has 0 fully saturated rings. The fraction of sp³-hybridized carbons (Fsp3) is 0.364. The molecule has 0 atom stereocenters. The molecule has 1 aromatic rings. The number of likely N-dealkylation sites (N-methyl/N-ethyl adjacent to an activating group) is 1. The number of nitrogens with zero attached hydrogens (tertiary/aromatic N) is 2. The first-order valence-corrected chi connectivity index (χ1v) is 4.44. The summed E-state index contributed by atoms with van der Waals surface area (Å²) in [5, 5.41) is 0. The minimum Gasteiger partial charge on any atom is -0.333 e. The SMILES string of the molecule is C=C1N(C)c2ncccc2C1(C)C. The molecule has 1 aliphatic rings. The standard InChI is InChI=1S/C11H14N2/c1-8-11(2,3)9-6-5-7-12-10(9)13(8)4/h5-7H,1H2,2-4H3. The van der Waals surface area contributed by atoms with Gasteiger partial charge in [0.05, 0.1) is 0 Å². The van der Waals surface area contributed by atoms with Crippen LogP contribution in [0.3, 0.4) is 0 Å². The minimum absolute atomic E-state index is 0.0261. The van der Waals surface area contributed by atoms with Gasteiger partial charge in [0.25, 0.3) is 0 Å². The summed E-state index contributed by atoms with van der Waals surface area (Å²) in [4.78, 5) is 6.42. The highest BCUT2D eigenvalue weighted by molar-refractivity contribution is 5.64. The van der Waals surface area contributed by atoms with E-state index in [-0.39, 0.29) is 5.41 Å². The van der Waals surface area contributed by atoms with Gasteiger partial charge in [-0.25, -0.2) is 4.98 Å². The van der Waals surface area contributed by atoms with Crippen LogP contribution in [0.1, 0.15) is 19.4 Å². The maximum absolute atomic E-state index is 4.35. The van der Waals surface area contributed by atoms with Gasteiger partial charge in [-0.15, -0.1) is 0 Å². The van der Waals surface area contributed by atoms with E-state index < -0.39 is 0 Å². The summed E-state index contributed by atoms with van der Waals surface area (Å²) in [5.74, 6) is 1.04. The zero-order valence-corrected chi connectivity index (χ0v) is 8.33. The number of hydrogen-bond donors (Lipinski definition) is 0. The van der Waals surface area contributed by atoms with Crippen molar-refractivity contribution in [2.45, 2.75) is 19.3 Å². The molecule has 1 aliphatic heterocycles. The Kier molecular flexibility index (Phi) is 1.50. The quantitative estimate of drug-likeness (QED) is 0.600. The Labute approximate surface area is 78.9 Å². The molecule has 0 amide bonds. The number of rotatable bonds is 0. The first-order valence-electron chi connectivity index (χ1n) is 4.44. The number of pyridine rings is 1. The van der Waals surface area contributed by atoms with E-state index in [2.05, 4.69) is 36.4 Å². The number of allylic oxidation sites excluding steroid dienone is 1. The van der Waals surface area contributed by atoms with Crippen LogP contribution in [0.25, 0.3) is 0 Å². The maximum Gasteiger partial charge on any atom is 0.136 e. The van der Waals surface area contributed by atoms with Crippen LogP contribution in [0.4, 0.5) is 5.82 Å². The Morgan fingerprint density at radius 1 is 1.46 bits per heavy atom. The van der Waals surface area contributed by atoms with Crippen LogP contribution < -0.4 is 4.90 Å².